The van der Waals surface area contributed by atoms with Gasteiger partial charge in [0.05, 0.1) is 19.0 Å². The zero-order valence-corrected chi connectivity index (χ0v) is 13.7. The molecule has 0 amide bonds. The van der Waals surface area contributed by atoms with E-state index >= 15 is 0 Å². The van der Waals surface area contributed by atoms with Gasteiger partial charge in [-0.1, -0.05) is 6.92 Å². The largest absolute Gasteiger partial charge is 0.467 e. The van der Waals surface area contributed by atoms with E-state index in [-0.39, 0.29) is 0 Å². The van der Waals surface area contributed by atoms with Gasteiger partial charge in [0.1, 0.15) is 12.4 Å². The van der Waals surface area contributed by atoms with Crippen LogP contribution in [0.3, 0.4) is 0 Å². The maximum atomic E-state index is 10.2. The van der Waals surface area contributed by atoms with E-state index in [1.165, 1.54) is 10.4 Å². The molecular formula is C17H23NO3S. The maximum absolute atomic E-state index is 10.2. The number of hydrogen-bond donors (Lipinski definition) is 1. The Morgan fingerprint density at radius 1 is 1.50 bits per heavy atom. The smallest absolute Gasteiger partial charge is 0.129 e. The average molecular weight is 321 g/mol. The minimum Gasteiger partial charge on any atom is -0.467 e. The summed E-state index contributed by atoms with van der Waals surface area (Å²) in [4.78, 5) is 3.89. The Morgan fingerprint density at radius 2 is 2.41 bits per heavy atom. The minimum atomic E-state index is -0.468. The maximum Gasteiger partial charge on any atom is 0.129 e. The van der Waals surface area contributed by atoms with Crippen molar-refractivity contribution in [2.45, 2.75) is 38.5 Å². The van der Waals surface area contributed by atoms with Crippen LogP contribution in [-0.2, 0) is 17.8 Å². The van der Waals surface area contributed by atoms with E-state index in [1.807, 2.05) is 23.5 Å². The molecule has 4 nitrogen and oxygen atoms in total. The first-order valence-electron chi connectivity index (χ1n) is 7.86. The molecule has 3 heterocycles. The van der Waals surface area contributed by atoms with Crippen LogP contribution in [0.25, 0.3) is 0 Å². The highest BCUT2D eigenvalue weighted by atomic mass is 32.1. The first-order valence-corrected chi connectivity index (χ1v) is 8.74. The number of aliphatic hydroxyl groups is 1. The van der Waals surface area contributed by atoms with Crippen LogP contribution in [0.1, 0.15) is 35.6 Å². The van der Waals surface area contributed by atoms with E-state index in [2.05, 4.69) is 23.3 Å². The Kier molecular flexibility index (Phi) is 5.31. The van der Waals surface area contributed by atoms with Gasteiger partial charge in [0, 0.05) is 24.0 Å². The Morgan fingerprint density at radius 3 is 3.18 bits per heavy atom. The van der Waals surface area contributed by atoms with Gasteiger partial charge in [-0.05, 0) is 42.0 Å². The van der Waals surface area contributed by atoms with Crippen molar-refractivity contribution in [3.8, 4) is 0 Å². The second-order valence-electron chi connectivity index (χ2n) is 5.72. The van der Waals surface area contributed by atoms with Crippen LogP contribution in [0, 0.1) is 0 Å². The molecule has 1 aliphatic rings. The lowest BCUT2D eigenvalue weighted by atomic mass is 9.97. The molecule has 22 heavy (non-hydrogen) atoms. The molecule has 2 aromatic rings. The lowest BCUT2D eigenvalue weighted by molar-refractivity contribution is -0.00377. The zero-order chi connectivity index (χ0) is 15.4. The Bertz CT molecular complexity index is 566. The molecule has 0 saturated heterocycles. The molecule has 5 heteroatoms. The fourth-order valence-electron chi connectivity index (χ4n) is 3.16. The number of furan rings is 1. The van der Waals surface area contributed by atoms with Gasteiger partial charge in [-0.25, -0.2) is 0 Å². The monoisotopic (exact) mass is 321 g/mol. The van der Waals surface area contributed by atoms with E-state index in [0.717, 1.165) is 25.1 Å². The van der Waals surface area contributed by atoms with E-state index in [9.17, 15) is 5.11 Å². The van der Waals surface area contributed by atoms with E-state index in [1.54, 1.807) is 6.26 Å². The number of nitrogens with zero attached hydrogens (tertiary/aromatic N) is 1. The third-order valence-corrected chi connectivity index (χ3v) is 5.17. The highest BCUT2D eigenvalue weighted by molar-refractivity contribution is 7.10. The van der Waals surface area contributed by atoms with Crippen LogP contribution >= 0.6 is 11.3 Å². The van der Waals surface area contributed by atoms with Gasteiger partial charge in [-0.3, -0.25) is 4.90 Å². The van der Waals surface area contributed by atoms with Crippen LogP contribution < -0.4 is 0 Å². The lowest BCUT2D eigenvalue weighted by Crippen LogP contribution is -2.41. The molecular weight excluding hydrogens is 298 g/mol. The molecule has 120 valence electrons. The van der Waals surface area contributed by atoms with Crippen LogP contribution in [0.5, 0.6) is 0 Å². The molecule has 0 aromatic carbocycles. The summed E-state index contributed by atoms with van der Waals surface area (Å²) in [6, 6.07) is 6.38. The first-order chi connectivity index (χ1) is 10.8. The molecule has 0 unspecified atom stereocenters. The summed E-state index contributed by atoms with van der Waals surface area (Å²) in [5.41, 5.74) is 1.45. The Balaban J connectivity index is 1.49. The van der Waals surface area contributed by atoms with Crippen molar-refractivity contribution < 1.29 is 14.3 Å². The molecule has 0 spiro atoms. The number of hydrogen-bond acceptors (Lipinski definition) is 5. The Labute approximate surface area is 135 Å². The number of thiophene rings is 1. The summed E-state index contributed by atoms with van der Waals surface area (Å²) in [6.07, 6.45) is 3.32. The second-order valence-corrected chi connectivity index (χ2v) is 6.72. The van der Waals surface area contributed by atoms with Crippen molar-refractivity contribution in [3.05, 3.63) is 46.0 Å². The number of β-amino-alcohol motifs (C(OH)–C–C–N with tert-alkyl or cyclic N) is 1. The quantitative estimate of drug-likeness (QED) is 0.850. The van der Waals surface area contributed by atoms with E-state index in [4.69, 9.17) is 9.15 Å². The van der Waals surface area contributed by atoms with Crippen LogP contribution in [0.15, 0.2) is 34.3 Å². The summed E-state index contributed by atoms with van der Waals surface area (Å²) in [6.45, 7) is 4.64. The molecule has 1 N–H and O–H groups in total. The van der Waals surface area contributed by atoms with Crippen molar-refractivity contribution in [2.75, 3.05) is 19.7 Å². The summed E-state index contributed by atoms with van der Waals surface area (Å²) in [7, 11) is 0. The van der Waals surface area contributed by atoms with Gasteiger partial charge >= 0.3 is 0 Å². The van der Waals surface area contributed by atoms with Gasteiger partial charge in [0.25, 0.3) is 0 Å². The summed E-state index contributed by atoms with van der Waals surface area (Å²) in [5, 5.41) is 12.4. The molecule has 0 bridgehead atoms. The topological polar surface area (TPSA) is 45.8 Å². The number of aliphatic hydroxyl groups excluding tert-OH is 1. The average Bonchev–Trinajstić information content (AvgIpc) is 3.17. The van der Waals surface area contributed by atoms with Crippen LogP contribution in [-0.4, -0.2) is 35.8 Å². The molecule has 3 rings (SSSR count). The van der Waals surface area contributed by atoms with Gasteiger partial charge in [0.2, 0.25) is 0 Å². The van der Waals surface area contributed by atoms with Gasteiger partial charge < -0.3 is 14.3 Å². The molecule has 0 fully saturated rings. The molecule has 0 aliphatic carbocycles. The third kappa shape index (κ3) is 3.60. The number of fused-ring (bicyclic) bond motifs is 1. The minimum absolute atomic E-state index is 0.337. The molecule has 0 radical (unpaired) electrons. The van der Waals surface area contributed by atoms with E-state index < -0.39 is 6.10 Å². The second kappa shape index (κ2) is 7.42. The number of rotatable bonds is 7. The third-order valence-electron chi connectivity index (χ3n) is 4.17. The Hall–Kier alpha value is -1.14. The fraction of sp³-hybridized carbons (Fsp3) is 0.529. The lowest BCUT2D eigenvalue weighted by Gasteiger charge is -2.36. The number of ether oxygens (including phenoxy) is 1. The van der Waals surface area contributed by atoms with Crippen molar-refractivity contribution in [1.29, 1.82) is 0 Å². The highest BCUT2D eigenvalue weighted by Crippen LogP contribution is 2.35. The normalized spacial score (nSPS) is 20.0. The predicted octanol–water partition coefficient (Wildman–Crippen LogP) is 3.23. The molecule has 2 atom stereocenters. The molecule has 1 aliphatic heterocycles. The standard InChI is InChI=1S/C17H23NO3S/c1-2-16-15-6-9-22-17(15)5-7-18(16)10-13(19)11-20-12-14-4-3-8-21-14/h3-4,6,8-9,13,16,19H,2,5,7,10-12H2,1H3/t13-,16+/m0/s1. The van der Waals surface area contributed by atoms with Crippen molar-refractivity contribution in [2.24, 2.45) is 0 Å². The fourth-order valence-corrected chi connectivity index (χ4v) is 4.09. The summed E-state index contributed by atoms with van der Waals surface area (Å²) >= 11 is 1.85. The summed E-state index contributed by atoms with van der Waals surface area (Å²) < 4.78 is 10.8. The van der Waals surface area contributed by atoms with Crippen LogP contribution in [0.4, 0.5) is 0 Å². The predicted molar refractivity (Wildman–Crippen MR) is 87.0 cm³/mol. The van der Waals surface area contributed by atoms with Gasteiger partial charge in [-0.15, -0.1) is 11.3 Å². The van der Waals surface area contributed by atoms with Crippen molar-refractivity contribution >= 4 is 11.3 Å². The summed E-state index contributed by atoms with van der Waals surface area (Å²) in [5.74, 6) is 0.791. The van der Waals surface area contributed by atoms with Crippen LogP contribution in [0.2, 0.25) is 0 Å². The SMILES string of the molecule is CC[C@@H]1c2ccsc2CCN1C[C@H](O)COCc1ccco1. The van der Waals surface area contributed by atoms with E-state index in [0.29, 0.717) is 25.8 Å². The van der Waals surface area contributed by atoms with Crippen molar-refractivity contribution in [1.82, 2.24) is 4.90 Å². The van der Waals surface area contributed by atoms with Gasteiger partial charge in [0.15, 0.2) is 0 Å². The molecule has 0 saturated carbocycles. The zero-order valence-electron chi connectivity index (χ0n) is 12.9. The molecule has 2 aromatic heterocycles. The van der Waals surface area contributed by atoms with Gasteiger partial charge in [-0.2, -0.15) is 0 Å². The highest BCUT2D eigenvalue weighted by Gasteiger charge is 2.28. The first kappa shape index (κ1) is 15.7. The van der Waals surface area contributed by atoms with Crippen molar-refractivity contribution in [3.63, 3.8) is 0 Å².